The van der Waals surface area contributed by atoms with Crippen molar-refractivity contribution in [3.63, 3.8) is 0 Å². The molecule has 0 N–H and O–H groups in total. The van der Waals surface area contributed by atoms with E-state index in [1.807, 2.05) is 13.8 Å². The molecule has 0 aromatic heterocycles. The molecule has 2 atom stereocenters. The number of carbonyl (C=O) groups is 4. The zero-order valence-corrected chi connectivity index (χ0v) is 30.4. The Morgan fingerprint density at radius 1 is 0.478 bits per heavy atom. The van der Waals surface area contributed by atoms with Crippen molar-refractivity contribution in [2.75, 3.05) is 53.4 Å². The SMILES string of the molecule is CCCCCCCCCCC(C)N(C)C(=O)CN(CCN(CC(=O)[O-])CC(=O)N(C)C(C)CCCCCCCCCC)CC(=O)[O-]. The van der Waals surface area contributed by atoms with Crippen LogP contribution in [0.25, 0.3) is 0 Å². The number of amides is 2. The summed E-state index contributed by atoms with van der Waals surface area (Å²) in [5.74, 6) is -3.05. The lowest BCUT2D eigenvalue weighted by Crippen LogP contribution is -2.50. The van der Waals surface area contributed by atoms with Crippen molar-refractivity contribution in [1.29, 1.82) is 0 Å². The Morgan fingerprint density at radius 3 is 1.04 bits per heavy atom. The maximum Gasteiger partial charge on any atom is 0.236 e. The first kappa shape index (κ1) is 43.8. The van der Waals surface area contributed by atoms with Gasteiger partial charge in [0.2, 0.25) is 11.8 Å². The Morgan fingerprint density at radius 2 is 0.761 bits per heavy atom. The van der Waals surface area contributed by atoms with Crippen LogP contribution in [0, 0.1) is 0 Å². The lowest BCUT2D eigenvalue weighted by molar-refractivity contribution is -0.308. The molecule has 10 heteroatoms. The molecule has 0 aliphatic rings. The van der Waals surface area contributed by atoms with Gasteiger partial charge in [0.05, 0.1) is 25.0 Å². The molecule has 0 aromatic rings. The molecule has 0 radical (unpaired) electrons. The Labute approximate surface area is 281 Å². The van der Waals surface area contributed by atoms with Gasteiger partial charge in [0.1, 0.15) is 0 Å². The number of unbranched alkanes of at least 4 members (excludes halogenated alkanes) is 14. The van der Waals surface area contributed by atoms with E-state index in [4.69, 9.17) is 0 Å². The first-order chi connectivity index (χ1) is 21.9. The third-order valence-electron chi connectivity index (χ3n) is 9.22. The van der Waals surface area contributed by atoms with Crippen LogP contribution in [0.4, 0.5) is 0 Å². The second-order valence-electron chi connectivity index (χ2n) is 13.4. The summed E-state index contributed by atoms with van der Waals surface area (Å²) in [6.45, 7) is 7.43. The molecule has 0 spiro atoms. The Balaban J connectivity index is 4.83. The van der Waals surface area contributed by atoms with E-state index in [-0.39, 0.29) is 50.1 Å². The molecule has 0 aliphatic heterocycles. The van der Waals surface area contributed by atoms with Crippen LogP contribution in [0.3, 0.4) is 0 Å². The molecule has 0 rings (SSSR count). The molecule has 0 heterocycles. The normalized spacial score (nSPS) is 12.8. The summed E-state index contributed by atoms with van der Waals surface area (Å²) in [5.41, 5.74) is 0. The first-order valence-corrected chi connectivity index (χ1v) is 18.3. The van der Waals surface area contributed by atoms with Crippen molar-refractivity contribution in [2.45, 2.75) is 155 Å². The fourth-order valence-corrected chi connectivity index (χ4v) is 5.71. The highest BCUT2D eigenvalue weighted by atomic mass is 16.4. The average molecular weight is 653 g/mol. The van der Waals surface area contributed by atoms with E-state index in [1.165, 1.54) is 86.8 Å². The van der Waals surface area contributed by atoms with Gasteiger partial charge >= 0.3 is 0 Å². The van der Waals surface area contributed by atoms with Crippen LogP contribution in [-0.2, 0) is 19.2 Å². The molecule has 0 saturated heterocycles. The molecule has 0 aliphatic carbocycles. The smallest absolute Gasteiger partial charge is 0.236 e. The number of rotatable bonds is 31. The topological polar surface area (TPSA) is 127 Å². The zero-order chi connectivity index (χ0) is 34.7. The minimum Gasteiger partial charge on any atom is -0.549 e. The molecule has 0 bridgehead atoms. The van der Waals surface area contributed by atoms with Gasteiger partial charge in [-0.25, -0.2) is 0 Å². The number of carbonyl (C=O) groups excluding carboxylic acids is 4. The van der Waals surface area contributed by atoms with Crippen molar-refractivity contribution in [1.82, 2.24) is 19.6 Å². The van der Waals surface area contributed by atoms with Crippen LogP contribution in [0.5, 0.6) is 0 Å². The number of likely N-dealkylation sites (N-methyl/N-ethyl adjacent to an activating group) is 2. The third-order valence-corrected chi connectivity index (χ3v) is 9.22. The van der Waals surface area contributed by atoms with Crippen LogP contribution in [0.1, 0.15) is 143 Å². The maximum absolute atomic E-state index is 13.1. The molecule has 0 fully saturated rings. The second kappa shape index (κ2) is 27.9. The van der Waals surface area contributed by atoms with Gasteiger partial charge in [-0.15, -0.1) is 0 Å². The van der Waals surface area contributed by atoms with Gasteiger partial charge in [0.25, 0.3) is 0 Å². The molecule has 10 nitrogen and oxygen atoms in total. The average Bonchev–Trinajstić information content (AvgIpc) is 3.00. The molecular formula is C36H68N4O6-2. The quantitative estimate of drug-likeness (QED) is 0.103. The van der Waals surface area contributed by atoms with E-state index in [9.17, 15) is 29.4 Å². The van der Waals surface area contributed by atoms with Gasteiger partial charge in [0.15, 0.2) is 0 Å². The molecule has 0 saturated carbocycles. The summed E-state index contributed by atoms with van der Waals surface area (Å²) < 4.78 is 0. The van der Waals surface area contributed by atoms with Crippen molar-refractivity contribution >= 4 is 23.8 Å². The Hall–Kier alpha value is -2.20. The van der Waals surface area contributed by atoms with Gasteiger partial charge in [-0.3, -0.25) is 19.4 Å². The van der Waals surface area contributed by atoms with Gasteiger partial charge in [-0.05, 0) is 26.7 Å². The van der Waals surface area contributed by atoms with Crippen LogP contribution < -0.4 is 10.2 Å². The largest absolute Gasteiger partial charge is 0.549 e. The minimum absolute atomic E-state index is 0.0212. The van der Waals surface area contributed by atoms with Crippen LogP contribution in [0.2, 0.25) is 0 Å². The van der Waals surface area contributed by atoms with E-state index in [0.717, 1.165) is 38.5 Å². The highest BCUT2D eigenvalue weighted by Crippen LogP contribution is 2.14. The van der Waals surface area contributed by atoms with Gasteiger partial charge in [-0.2, -0.15) is 0 Å². The second-order valence-corrected chi connectivity index (χ2v) is 13.4. The van der Waals surface area contributed by atoms with E-state index in [1.54, 1.807) is 23.9 Å². The number of carboxylic acid groups (broad SMARTS) is 2. The van der Waals surface area contributed by atoms with Gasteiger partial charge < -0.3 is 29.6 Å². The molecule has 46 heavy (non-hydrogen) atoms. The third kappa shape index (κ3) is 23.2. The summed E-state index contributed by atoms with van der Waals surface area (Å²) in [5, 5.41) is 23.0. The van der Waals surface area contributed by atoms with E-state index >= 15 is 0 Å². The van der Waals surface area contributed by atoms with Gasteiger partial charge in [0, 0.05) is 52.4 Å². The summed E-state index contributed by atoms with van der Waals surface area (Å²) >= 11 is 0. The lowest BCUT2D eigenvalue weighted by Gasteiger charge is -2.32. The van der Waals surface area contributed by atoms with Gasteiger partial charge in [-0.1, -0.05) is 117 Å². The van der Waals surface area contributed by atoms with Crippen molar-refractivity contribution in [3.8, 4) is 0 Å². The summed E-state index contributed by atoms with van der Waals surface area (Å²) in [6.07, 6.45) is 21.2. The zero-order valence-electron chi connectivity index (χ0n) is 30.4. The number of carboxylic acids is 2. The predicted molar refractivity (Wildman–Crippen MR) is 182 cm³/mol. The first-order valence-electron chi connectivity index (χ1n) is 18.3. The van der Waals surface area contributed by atoms with Crippen molar-refractivity contribution in [3.05, 3.63) is 0 Å². The summed E-state index contributed by atoms with van der Waals surface area (Å²) in [4.78, 5) is 55.3. The lowest BCUT2D eigenvalue weighted by atomic mass is 10.0. The predicted octanol–water partition coefficient (Wildman–Crippen LogP) is 3.85. The van der Waals surface area contributed by atoms with E-state index in [2.05, 4.69) is 13.8 Å². The molecule has 2 unspecified atom stereocenters. The number of aliphatic carboxylic acids is 2. The minimum atomic E-state index is -1.32. The summed E-state index contributed by atoms with van der Waals surface area (Å²) in [7, 11) is 3.47. The molecule has 0 aromatic carbocycles. The van der Waals surface area contributed by atoms with E-state index in [0.29, 0.717) is 0 Å². The Kier molecular flexibility index (Phi) is 26.5. The molecule has 2 amide bonds. The number of hydrogen-bond acceptors (Lipinski definition) is 8. The Bertz CT molecular complexity index is 760. The summed E-state index contributed by atoms with van der Waals surface area (Å²) in [6, 6.07) is 0.0424. The van der Waals surface area contributed by atoms with Crippen LogP contribution >= 0.6 is 0 Å². The highest BCUT2D eigenvalue weighted by molar-refractivity contribution is 5.79. The number of hydrogen-bond donors (Lipinski definition) is 0. The van der Waals surface area contributed by atoms with Crippen molar-refractivity contribution in [2.24, 2.45) is 0 Å². The highest BCUT2D eigenvalue weighted by Gasteiger charge is 2.22. The maximum atomic E-state index is 13.1. The van der Waals surface area contributed by atoms with E-state index < -0.39 is 25.0 Å². The molecule has 270 valence electrons. The fourth-order valence-electron chi connectivity index (χ4n) is 5.71. The fraction of sp³-hybridized carbons (Fsp3) is 0.889. The van der Waals surface area contributed by atoms with Crippen LogP contribution in [-0.4, -0.2) is 109 Å². The molecular weight excluding hydrogens is 584 g/mol. The van der Waals surface area contributed by atoms with Crippen LogP contribution in [0.15, 0.2) is 0 Å². The number of nitrogens with zero attached hydrogens (tertiary/aromatic N) is 4. The van der Waals surface area contributed by atoms with Crippen molar-refractivity contribution < 1.29 is 29.4 Å². The monoisotopic (exact) mass is 653 g/mol. The standard InChI is InChI=1S/C36H70N4O6/c1-7-9-11-13-15-17-19-21-23-31(3)37(5)33(41)27-39(29-35(43)44)25-26-40(30-36(45)46)28-34(42)38(6)32(4)24-22-20-18-16-14-12-10-8-2/h31-32H,7-30H2,1-6H3,(H,43,44)(H,45,46)/p-2.